The minimum Gasteiger partial charge on any atom is -0.484 e. The van der Waals surface area contributed by atoms with Gasteiger partial charge in [0.05, 0.1) is 10.6 Å². The maximum Gasteiger partial charge on any atom is 0.262 e. The summed E-state index contributed by atoms with van der Waals surface area (Å²) >= 11 is 5.93. The van der Waals surface area contributed by atoms with Gasteiger partial charge >= 0.3 is 0 Å². The van der Waals surface area contributed by atoms with Crippen LogP contribution >= 0.6 is 11.6 Å². The normalized spacial score (nSPS) is 12.8. The zero-order valence-corrected chi connectivity index (χ0v) is 14.5. The van der Waals surface area contributed by atoms with Crippen molar-refractivity contribution in [3.05, 3.63) is 53.1 Å². The molecule has 0 unspecified atom stereocenters. The molecule has 26 heavy (non-hydrogen) atoms. The molecule has 1 fully saturated rings. The number of amides is 2. The fraction of sp³-hybridized carbons (Fsp3) is 0.211. The minimum atomic E-state index is -0.363. The SMILES string of the molecule is N#Cc1ccc(NC(=O)COc2cccc(NC(=O)C3CC3)c2)cc1Cl. The molecule has 0 heterocycles. The van der Waals surface area contributed by atoms with E-state index < -0.39 is 0 Å². The number of nitrogens with one attached hydrogen (secondary N) is 2. The highest BCUT2D eigenvalue weighted by atomic mass is 35.5. The summed E-state index contributed by atoms with van der Waals surface area (Å²) in [4.78, 5) is 23.8. The van der Waals surface area contributed by atoms with Crippen molar-refractivity contribution in [2.45, 2.75) is 12.8 Å². The number of anilines is 2. The van der Waals surface area contributed by atoms with Crippen LogP contribution in [-0.4, -0.2) is 18.4 Å². The summed E-state index contributed by atoms with van der Waals surface area (Å²) in [5.74, 6) is 0.243. The Morgan fingerprint density at radius 3 is 2.62 bits per heavy atom. The summed E-state index contributed by atoms with van der Waals surface area (Å²) in [5, 5.41) is 14.6. The molecule has 0 atom stereocenters. The van der Waals surface area contributed by atoms with Gasteiger partial charge in [0.1, 0.15) is 11.8 Å². The Bertz CT molecular complexity index is 888. The van der Waals surface area contributed by atoms with Gasteiger partial charge in [-0.3, -0.25) is 9.59 Å². The number of carbonyl (C=O) groups excluding carboxylic acids is 2. The second-order valence-corrected chi connectivity index (χ2v) is 6.34. The van der Waals surface area contributed by atoms with Gasteiger partial charge in [0.15, 0.2) is 6.61 Å². The third-order valence-corrected chi connectivity index (χ3v) is 4.11. The molecule has 2 aromatic rings. The van der Waals surface area contributed by atoms with Crippen LogP contribution in [0.25, 0.3) is 0 Å². The summed E-state index contributed by atoms with van der Waals surface area (Å²) in [6.07, 6.45) is 1.86. The maximum absolute atomic E-state index is 12.0. The molecular formula is C19H16ClN3O3. The molecule has 0 aromatic heterocycles. The second-order valence-electron chi connectivity index (χ2n) is 5.93. The van der Waals surface area contributed by atoms with E-state index in [0.29, 0.717) is 22.7 Å². The van der Waals surface area contributed by atoms with Crippen molar-refractivity contribution in [1.29, 1.82) is 5.26 Å². The quantitative estimate of drug-likeness (QED) is 0.814. The number of hydrogen-bond donors (Lipinski definition) is 2. The van der Waals surface area contributed by atoms with E-state index in [0.717, 1.165) is 12.8 Å². The predicted molar refractivity (Wildman–Crippen MR) is 98.1 cm³/mol. The lowest BCUT2D eigenvalue weighted by Gasteiger charge is -2.10. The number of halogens is 1. The molecule has 1 aliphatic carbocycles. The fourth-order valence-corrected chi connectivity index (χ4v) is 2.51. The molecule has 3 rings (SSSR count). The Kier molecular flexibility index (Phi) is 5.40. The van der Waals surface area contributed by atoms with E-state index in [1.807, 2.05) is 6.07 Å². The van der Waals surface area contributed by atoms with Crippen LogP contribution in [0.3, 0.4) is 0 Å². The first-order valence-corrected chi connectivity index (χ1v) is 8.46. The van der Waals surface area contributed by atoms with Crippen molar-refractivity contribution in [1.82, 2.24) is 0 Å². The van der Waals surface area contributed by atoms with Crippen molar-refractivity contribution in [3.8, 4) is 11.8 Å². The van der Waals surface area contributed by atoms with Crippen molar-refractivity contribution >= 4 is 34.8 Å². The summed E-state index contributed by atoms with van der Waals surface area (Å²) in [6, 6.07) is 13.5. The van der Waals surface area contributed by atoms with E-state index in [-0.39, 0.29) is 29.4 Å². The standard InChI is InChI=1S/C19H16ClN3O3/c20-17-9-15(7-6-13(17)10-21)22-18(24)11-26-16-3-1-2-14(8-16)23-19(25)12-4-5-12/h1-3,6-9,12H,4-5,11H2,(H,22,24)(H,23,25). The van der Waals surface area contributed by atoms with Crippen molar-refractivity contribution in [2.24, 2.45) is 5.92 Å². The lowest BCUT2D eigenvalue weighted by Crippen LogP contribution is -2.20. The Morgan fingerprint density at radius 2 is 1.92 bits per heavy atom. The highest BCUT2D eigenvalue weighted by Gasteiger charge is 2.29. The summed E-state index contributed by atoms with van der Waals surface area (Å²) in [7, 11) is 0. The highest BCUT2D eigenvalue weighted by Crippen LogP contribution is 2.30. The average Bonchev–Trinajstić information content (AvgIpc) is 3.46. The molecule has 132 valence electrons. The second kappa shape index (κ2) is 7.89. The molecule has 0 spiro atoms. The fourth-order valence-electron chi connectivity index (χ4n) is 2.28. The lowest BCUT2D eigenvalue weighted by atomic mass is 10.2. The third kappa shape index (κ3) is 4.74. The van der Waals surface area contributed by atoms with Crippen LogP contribution in [0.1, 0.15) is 18.4 Å². The zero-order chi connectivity index (χ0) is 18.5. The van der Waals surface area contributed by atoms with Gasteiger partial charge in [0.2, 0.25) is 5.91 Å². The van der Waals surface area contributed by atoms with Gasteiger partial charge < -0.3 is 15.4 Å². The molecule has 6 nitrogen and oxygen atoms in total. The van der Waals surface area contributed by atoms with Crippen molar-refractivity contribution in [2.75, 3.05) is 17.2 Å². The van der Waals surface area contributed by atoms with Gasteiger partial charge in [-0.2, -0.15) is 5.26 Å². The monoisotopic (exact) mass is 369 g/mol. The van der Waals surface area contributed by atoms with Gasteiger partial charge in [-0.25, -0.2) is 0 Å². The molecule has 7 heteroatoms. The first-order chi connectivity index (χ1) is 12.5. The van der Waals surface area contributed by atoms with Crippen LogP contribution in [0.2, 0.25) is 5.02 Å². The maximum atomic E-state index is 12.0. The molecule has 0 saturated heterocycles. The van der Waals surface area contributed by atoms with E-state index in [2.05, 4.69) is 10.6 Å². The number of hydrogen-bond acceptors (Lipinski definition) is 4. The smallest absolute Gasteiger partial charge is 0.262 e. The Balaban J connectivity index is 1.53. The molecule has 0 bridgehead atoms. The molecule has 2 amide bonds. The number of ether oxygens (including phenoxy) is 1. The summed E-state index contributed by atoms with van der Waals surface area (Å²) < 4.78 is 5.46. The third-order valence-electron chi connectivity index (χ3n) is 3.79. The first kappa shape index (κ1) is 17.8. The zero-order valence-electron chi connectivity index (χ0n) is 13.8. The molecule has 2 N–H and O–H groups in total. The summed E-state index contributed by atoms with van der Waals surface area (Å²) in [5.41, 5.74) is 1.46. The van der Waals surface area contributed by atoms with Gasteiger partial charge in [-0.05, 0) is 43.2 Å². The lowest BCUT2D eigenvalue weighted by molar-refractivity contribution is -0.118. The van der Waals surface area contributed by atoms with Crippen LogP contribution in [0.5, 0.6) is 5.75 Å². The Morgan fingerprint density at radius 1 is 1.15 bits per heavy atom. The molecule has 1 saturated carbocycles. The number of benzene rings is 2. The van der Waals surface area contributed by atoms with Crippen LogP contribution in [-0.2, 0) is 9.59 Å². The Hall–Kier alpha value is -3.04. The number of nitrogens with zero attached hydrogens (tertiary/aromatic N) is 1. The van der Waals surface area contributed by atoms with E-state index in [4.69, 9.17) is 21.6 Å². The molecule has 0 aliphatic heterocycles. The molecule has 1 aliphatic rings. The number of nitriles is 1. The highest BCUT2D eigenvalue weighted by molar-refractivity contribution is 6.32. The van der Waals surface area contributed by atoms with Crippen LogP contribution in [0.15, 0.2) is 42.5 Å². The van der Waals surface area contributed by atoms with E-state index in [9.17, 15) is 9.59 Å². The van der Waals surface area contributed by atoms with Gasteiger partial charge in [-0.15, -0.1) is 0 Å². The molecule has 2 aromatic carbocycles. The van der Waals surface area contributed by atoms with Crippen LogP contribution in [0, 0.1) is 17.2 Å². The number of carbonyl (C=O) groups is 2. The first-order valence-electron chi connectivity index (χ1n) is 8.08. The van der Waals surface area contributed by atoms with E-state index in [1.165, 1.54) is 12.1 Å². The van der Waals surface area contributed by atoms with Crippen LogP contribution < -0.4 is 15.4 Å². The van der Waals surface area contributed by atoms with Gasteiger partial charge in [0.25, 0.3) is 5.91 Å². The topological polar surface area (TPSA) is 91.2 Å². The summed E-state index contributed by atoms with van der Waals surface area (Å²) in [6.45, 7) is -0.197. The van der Waals surface area contributed by atoms with Gasteiger partial charge in [0, 0.05) is 23.4 Å². The molecule has 0 radical (unpaired) electrons. The predicted octanol–water partition coefficient (Wildman–Crippen LogP) is 3.58. The van der Waals surface area contributed by atoms with E-state index >= 15 is 0 Å². The Labute approximate surface area is 155 Å². The minimum absolute atomic E-state index is 0.0117. The van der Waals surface area contributed by atoms with E-state index in [1.54, 1.807) is 30.3 Å². The van der Waals surface area contributed by atoms with Gasteiger partial charge in [-0.1, -0.05) is 17.7 Å². The average molecular weight is 370 g/mol. The largest absolute Gasteiger partial charge is 0.484 e. The van der Waals surface area contributed by atoms with Crippen molar-refractivity contribution < 1.29 is 14.3 Å². The van der Waals surface area contributed by atoms with Crippen LogP contribution in [0.4, 0.5) is 11.4 Å². The number of rotatable bonds is 6. The molecular weight excluding hydrogens is 354 g/mol. The van der Waals surface area contributed by atoms with Crippen molar-refractivity contribution in [3.63, 3.8) is 0 Å².